The van der Waals surface area contributed by atoms with E-state index in [1.165, 1.54) is 10.6 Å². The second kappa shape index (κ2) is 4.42. The highest BCUT2D eigenvalue weighted by molar-refractivity contribution is 5.87. The number of carbonyl (C=O) groups is 1. The Hall–Kier alpha value is -1.88. The Morgan fingerprint density at radius 2 is 2.06 bits per heavy atom. The average Bonchev–Trinajstić information content (AvgIpc) is 2.62. The monoisotopic (exact) mass is 249 g/mol. The molecule has 5 nitrogen and oxygen atoms in total. The first-order valence-corrected chi connectivity index (χ1v) is 5.73. The van der Waals surface area contributed by atoms with Crippen LogP contribution in [0, 0.1) is 5.92 Å². The summed E-state index contributed by atoms with van der Waals surface area (Å²) in [5.74, 6) is -0.974. The molecular formula is C13H15NO4. The van der Waals surface area contributed by atoms with E-state index in [1.54, 1.807) is 33.0 Å². The fraction of sp³-hybridized carbons (Fsp3) is 0.385. The van der Waals surface area contributed by atoms with Crippen molar-refractivity contribution in [3.8, 4) is 0 Å². The zero-order valence-corrected chi connectivity index (χ0v) is 10.5. The number of oxazole rings is 1. The zero-order chi connectivity index (χ0) is 13.4. The summed E-state index contributed by atoms with van der Waals surface area (Å²) in [6.07, 6.45) is -1.18. The van der Waals surface area contributed by atoms with Crippen LogP contribution in [0.1, 0.15) is 25.5 Å². The molecule has 1 aromatic carbocycles. The first-order valence-electron chi connectivity index (χ1n) is 5.73. The molecular weight excluding hydrogens is 234 g/mol. The van der Waals surface area contributed by atoms with Gasteiger partial charge in [0, 0.05) is 13.0 Å². The molecule has 1 N–H and O–H groups in total. The molecule has 2 aromatic rings. The molecule has 5 heteroatoms. The second-order valence-corrected chi connectivity index (χ2v) is 4.61. The molecule has 0 bridgehead atoms. The summed E-state index contributed by atoms with van der Waals surface area (Å²) < 4.78 is 6.39. The molecule has 2 rings (SSSR count). The van der Waals surface area contributed by atoms with E-state index in [9.17, 15) is 14.7 Å². The summed E-state index contributed by atoms with van der Waals surface area (Å²) in [5, 5.41) is 9.92. The number of carbonyl (C=O) groups excluding carboxylic acids is 1. The average molecular weight is 249 g/mol. The van der Waals surface area contributed by atoms with Gasteiger partial charge in [-0.25, -0.2) is 4.79 Å². The molecule has 0 spiro atoms. The number of aliphatic hydroxyl groups is 1. The number of benzene rings is 1. The van der Waals surface area contributed by atoms with Gasteiger partial charge in [0.1, 0.15) is 6.10 Å². The highest BCUT2D eigenvalue weighted by Gasteiger charge is 2.21. The van der Waals surface area contributed by atoms with Crippen LogP contribution in [-0.4, -0.2) is 15.5 Å². The number of nitrogens with zero attached hydrogens (tertiary/aromatic N) is 1. The number of hydrogen-bond donors (Lipinski definition) is 1. The Balaban J connectivity index is 2.48. The number of aryl methyl sites for hydroxylation is 1. The molecule has 0 aliphatic carbocycles. The van der Waals surface area contributed by atoms with Crippen LogP contribution in [0.4, 0.5) is 0 Å². The van der Waals surface area contributed by atoms with Crippen molar-refractivity contribution in [2.75, 3.05) is 0 Å². The Bertz CT molecular complexity index is 651. The van der Waals surface area contributed by atoms with Crippen LogP contribution in [-0.2, 0) is 11.8 Å². The van der Waals surface area contributed by atoms with Crippen LogP contribution in [0.3, 0.4) is 0 Å². The van der Waals surface area contributed by atoms with Gasteiger partial charge in [-0.15, -0.1) is 0 Å². The summed E-state index contributed by atoms with van der Waals surface area (Å²) in [7, 11) is 1.60. The number of ketones is 1. The van der Waals surface area contributed by atoms with Crippen molar-refractivity contribution in [1.29, 1.82) is 0 Å². The smallest absolute Gasteiger partial charge is 0.408 e. The van der Waals surface area contributed by atoms with E-state index in [0.29, 0.717) is 16.7 Å². The fourth-order valence-electron chi connectivity index (χ4n) is 1.80. The van der Waals surface area contributed by atoms with Crippen molar-refractivity contribution >= 4 is 16.9 Å². The molecule has 0 saturated heterocycles. The quantitative estimate of drug-likeness (QED) is 0.892. The lowest BCUT2D eigenvalue weighted by molar-refractivity contribution is -0.130. The van der Waals surface area contributed by atoms with Crippen LogP contribution in [0.25, 0.3) is 11.1 Å². The highest BCUT2D eigenvalue weighted by atomic mass is 16.4. The van der Waals surface area contributed by atoms with E-state index in [1.807, 2.05) is 0 Å². The largest absolute Gasteiger partial charge is 0.419 e. The Morgan fingerprint density at radius 1 is 1.39 bits per heavy atom. The lowest BCUT2D eigenvalue weighted by atomic mass is 9.98. The lowest BCUT2D eigenvalue weighted by Gasteiger charge is -2.12. The summed E-state index contributed by atoms with van der Waals surface area (Å²) >= 11 is 0. The number of hydrogen-bond acceptors (Lipinski definition) is 4. The lowest BCUT2D eigenvalue weighted by Crippen LogP contribution is -2.17. The molecule has 1 unspecified atom stereocenters. The van der Waals surface area contributed by atoms with E-state index in [0.717, 1.165) is 0 Å². The fourth-order valence-corrected chi connectivity index (χ4v) is 1.80. The third-order valence-corrected chi connectivity index (χ3v) is 2.97. The molecule has 0 amide bonds. The summed E-state index contributed by atoms with van der Waals surface area (Å²) in [6, 6.07) is 4.82. The summed E-state index contributed by atoms with van der Waals surface area (Å²) in [6.45, 7) is 3.46. The van der Waals surface area contributed by atoms with Gasteiger partial charge >= 0.3 is 5.76 Å². The van der Waals surface area contributed by atoms with Gasteiger partial charge in [0.25, 0.3) is 0 Å². The van der Waals surface area contributed by atoms with Crippen molar-refractivity contribution in [2.45, 2.75) is 20.0 Å². The van der Waals surface area contributed by atoms with Crippen molar-refractivity contribution in [3.63, 3.8) is 0 Å². The number of aliphatic hydroxyl groups excluding tert-OH is 1. The number of aromatic nitrogens is 1. The molecule has 0 saturated carbocycles. The van der Waals surface area contributed by atoms with Crippen molar-refractivity contribution in [2.24, 2.45) is 13.0 Å². The van der Waals surface area contributed by atoms with E-state index < -0.39 is 11.9 Å². The maximum absolute atomic E-state index is 11.7. The second-order valence-electron chi connectivity index (χ2n) is 4.61. The number of fused-ring (bicyclic) bond motifs is 1. The van der Waals surface area contributed by atoms with Crippen molar-refractivity contribution < 1.29 is 14.3 Å². The van der Waals surface area contributed by atoms with E-state index in [-0.39, 0.29) is 11.7 Å². The normalized spacial score (nSPS) is 13.2. The van der Waals surface area contributed by atoms with Gasteiger partial charge in [-0.1, -0.05) is 19.9 Å². The van der Waals surface area contributed by atoms with Gasteiger partial charge in [-0.2, -0.15) is 0 Å². The van der Waals surface area contributed by atoms with Crippen LogP contribution >= 0.6 is 0 Å². The molecule has 96 valence electrons. The van der Waals surface area contributed by atoms with E-state index >= 15 is 0 Å². The van der Waals surface area contributed by atoms with Gasteiger partial charge in [0.15, 0.2) is 11.4 Å². The third kappa shape index (κ3) is 1.97. The van der Waals surface area contributed by atoms with Gasteiger partial charge in [0.2, 0.25) is 0 Å². The molecule has 0 aliphatic heterocycles. The van der Waals surface area contributed by atoms with Crippen LogP contribution in [0.2, 0.25) is 0 Å². The highest BCUT2D eigenvalue weighted by Crippen LogP contribution is 2.22. The maximum atomic E-state index is 11.7. The van der Waals surface area contributed by atoms with E-state index in [2.05, 4.69) is 0 Å². The molecule has 0 aliphatic rings. The molecule has 0 fully saturated rings. The first-order chi connectivity index (χ1) is 8.41. The van der Waals surface area contributed by atoms with Gasteiger partial charge < -0.3 is 9.52 Å². The minimum absolute atomic E-state index is 0.251. The van der Waals surface area contributed by atoms with Gasteiger partial charge in [-0.05, 0) is 17.7 Å². The predicted molar refractivity (Wildman–Crippen MR) is 66.3 cm³/mol. The Labute approximate surface area is 104 Å². The van der Waals surface area contributed by atoms with Crippen molar-refractivity contribution in [3.05, 3.63) is 34.3 Å². The molecule has 1 atom stereocenters. The topological polar surface area (TPSA) is 72.4 Å². The van der Waals surface area contributed by atoms with Crippen molar-refractivity contribution in [1.82, 2.24) is 4.57 Å². The SMILES string of the molecule is CC(C)C(=O)C(O)c1ccc2c(c1)oc(=O)n2C. The summed E-state index contributed by atoms with van der Waals surface area (Å²) in [5.41, 5.74) is 1.44. The predicted octanol–water partition coefficient (Wildman–Crippen LogP) is 1.39. The van der Waals surface area contributed by atoms with E-state index in [4.69, 9.17) is 4.42 Å². The standard InChI is InChI=1S/C13H15NO4/c1-7(2)11(15)12(16)8-4-5-9-10(6-8)18-13(17)14(9)3/h4-7,12,16H,1-3H3. The molecule has 0 radical (unpaired) electrons. The number of Topliss-reactive ketones (excluding diaryl/α,β-unsaturated/α-hetero) is 1. The first kappa shape index (κ1) is 12.6. The minimum atomic E-state index is -1.18. The molecule has 1 heterocycles. The molecule has 18 heavy (non-hydrogen) atoms. The van der Waals surface area contributed by atoms with Gasteiger partial charge in [-0.3, -0.25) is 9.36 Å². The van der Waals surface area contributed by atoms with Gasteiger partial charge in [0.05, 0.1) is 5.52 Å². The third-order valence-electron chi connectivity index (χ3n) is 2.97. The zero-order valence-electron chi connectivity index (χ0n) is 10.5. The van der Waals surface area contributed by atoms with Crippen LogP contribution < -0.4 is 5.76 Å². The maximum Gasteiger partial charge on any atom is 0.419 e. The summed E-state index contributed by atoms with van der Waals surface area (Å²) in [4.78, 5) is 23.0. The van der Waals surface area contributed by atoms with Crippen LogP contribution in [0.15, 0.2) is 27.4 Å². The Morgan fingerprint density at radius 3 is 2.67 bits per heavy atom. The molecule has 1 aromatic heterocycles. The minimum Gasteiger partial charge on any atom is -0.408 e. The van der Waals surface area contributed by atoms with Crippen LogP contribution in [0.5, 0.6) is 0 Å². The Kier molecular flexibility index (Phi) is 3.09. The number of rotatable bonds is 3.